The Hall–Kier alpha value is -4.17. The van der Waals surface area contributed by atoms with Crippen LogP contribution in [0.3, 0.4) is 0 Å². The van der Waals surface area contributed by atoms with Crippen LogP contribution in [-0.2, 0) is 14.9 Å². The molecule has 0 saturated heterocycles. The van der Waals surface area contributed by atoms with Crippen molar-refractivity contribution >= 4 is 45.3 Å². The van der Waals surface area contributed by atoms with Crippen molar-refractivity contribution in [3.8, 4) is 17.2 Å². The van der Waals surface area contributed by atoms with Crippen molar-refractivity contribution in [2.75, 3.05) is 40.3 Å². The van der Waals surface area contributed by atoms with Gasteiger partial charge in [0.25, 0.3) is 0 Å². The fourth-order valence-corrected chi connectivity index (χ4v) is 10.1. The molecule has 4 aromatic rings. The van der Waals surface area contributed by atoms with Crippen LogP contribution in [0.1, 0.15) is 44.1 Å². The van der Waals surface area contributed by atoms with Crippen molar-refractivity contribution in [2.24, 2.45) is 0 Å². The van der Waals surface area contributed by atoms with Crippen molar-refractivity contribution in [3.63, 3.8) is 0 Å². The second kappa shape index (κ2) is 20.4. The van der Waals surface area contributed by atoms with Gasteiger partial charge >= 0.3 is 0 Å². The maximum absolute atomic E-state index is 12.4. The van der Waals surface area contributed by atoms with E-state index < -0.39 is 17.4 Å². The number of amides is 1. The molecule has 0 fully saturated rings. The molecule has 4 aromatic carbocycles. The van der Waals surface area contributed by atoms with Crippen molar-refractivity contribution in [2.45, 2.75) is 38.5 Å². The van der Waals surface area contributed by atoms with E-state index in [9.17, 15) is 4.79 Å². The Morgan fingerprint density at radius 1 is 0.694 bits per heavy atom. The van der Waals surface area contributed by atoms with Crippen molar-refractivity contribution in [1.29, 1.82) is 0 Å². The third-order valence-corrected chi connectivity index (χ3v) is 12.5. The van der Waals surface area contributed by atoms with Gasteiger partial charge in [-0.1, -0.05) is 73.9 Å². The van der Waals surface area contributed by atoms with Crippen molar-refractivity contribution in [1.82, 2.24) is 5.32 Å². The van der Waals surface area contributed by atoms with E-state index >= 15 is 0 Å². The number of methoxy groups -OCH3 is 3. The second-order valence-corrected chi connectivity index (χ2v) is 16.5. The summed E-state index contributed by atoms with van der Waals surface area (Å²) in [5, 5.41) is 7.35. The molecule has 0 unspecified atom stereocenters. The summed E-state index contributed by atoms with van der Waals surface area (Å²) in [7, 11) is -0.944. The molecule has 262 valence electrons. The molecule has 1 N–H and O–H groups in total. The minimum absolute atomic E-state index is 0.109. The maximum Gasteiger partial charge on any atom is 0.243 e. The summed E-state index contributed by atoms with van der Waals surface area (Å²) < 4.78 is 43.4. The van der Waals surface area contributed by atoms with Gasteiger partial charge in [-0.25, -0.2) is 8.42 Å². The summed E-state index contributed by atoms with van der Waals surface area (Å²) in [4.78, 5) is 12.4. The molecule has 1 amide bonds. The third-order valence-electron chi connectivity index (χ3n) is 7.92. The number of carbonyl (C=O) groups is 1. The van der Waals surface area contributed by atoms with E-state index in [-0.39, 0.29) is 5.91 Å². The highest BCUT2D eigenvalue weighted by atomic mass is 32.2. The van der Waals surface area contributed by atoms with E-state index in [0.717, 1.165) is 18.4 Å². The van der Waals surface area contributed by atoms with E-state index in [1.165, 1.54) is 47.8 Å². The van der Waals surface area contributed by atoms with Gasteiger partial charge in [0.1, 0.15) is 23.2 Å². The first-order valence-electron chi connectivity index (χ1n) is 16.3. The number of nitrogens with one attached hydrogen (secondary N) is 1. The molecule has 0 spiro atoms. The number of hydrogen-bond donors (Lipinski definition) is 1. The van der Waals surface area contributed by atoms with Gasteiger partial charge in [-0.15, -0.1) is 0 Å². The Morgan fingerprint density at radius 3 is 1.51 bits per heavy atom. The molecular weight excluding hydrogens is 657 g/mol. The highest BCUT2D eigenvalue weighted by molar-refractivity contribution is 7.95. The molecule has 0 bridgehead atoms. The smallest absolute Gasteiger partial charge is 0.243 e. The fraction of sp³-hybridized carbons (Fsp3) is 0.308. The van der Waals surface area contributed by atoms with Gasteiger partial charge in [-0.3, -0.25) is 4.79 Å². The lowest BCUT2D eigenvalue weighted by atomic mass is 10.1. The van der Waals surface area contributed by atoms with Crippen LogP contribution in [0.2, 0.25) is 0 Å². The topological polar surface area (TPSA) is 114 Å². The molecule has 10 heteroatoms. The summed E-state index contributed by atoms with van der Waals surface area (Å²) in [6.45, 7) is 0.670. The van der Waals surface area contributed by atoms with Crippen LogP contribution in [0.4, 0.5) is 0 Å². The Balaban J connectivity index is 0.00000121. The van der Waals surface area contributed by atoms with Crippen molar-refractivity contribution in [3.05, 3.63) is 115 Å². The molecule has 0 aromatic heterocycles. The Bertz CT molecular complexity index is 1570. The summed E-state index contributed by atoms with van der Waals surface area (Å²) in [5.74, 6) is 1.53. The summed E-state index contributed by atoms with van der Waals surface area (Å²) in [6, 6.07) is 37.0. The average molecular weight is 706 g/mol. The molecule has 0 saturated carbocycles. The minimum Gasteiger partial charge on any atom is -0.748 e. The molecule has 0 aliphatic carbocycles. The zero-order valence-electron chi connectivity index (χ0n) is 28.8. The predicted molar refractivity (Wildman–Crippen MR) is 201 cm³/mol. The monoisotopic (exact) mass is 705 g/mol. The maximum atomic E-state index is 12.4. The van der Waals surface area contributed by atoms with E-state index in [2.05, 4.69) is 96.3 Å². The Kier molecular flexibility index (Phi) is 16.3. The summed E-state index contributed by atoms with van der Waals surface area (Å²) >= 11 is 0. The second-order valence-electron chi connectivity index (χ2n) is 11.4. The summed E-state index contributed by atoms with van der Waals surface area (Å²) in [6.07, 6.45) is 11.9. The molecule has 0 aliphatic heterocycles. The number of carbonyl (C=O) groups excluding carboxylic acids is 1. The van der Waals surface area contributed by atoms with Gasteiger partial charge in [0.2, 0.25) is 11.7 Å². The molecule has 8 nitrogen and oxygen atoms in total. The van der Waals surface area contributed by atoms with E-state index in [1.54, 1.807) is 33.5 Å². The van der Waals surface area contributed by atoms with Crippen LogP contribution < -0.4 is 35.4 Å². The van der Waals surface area contributed by atoms with Gasteiger partial charge in [-0.2, -0.15) is 0 Å². The van der Waals surface area contributed by atoms with Crippen LogP contribution in [0.5, 0.6) is 17.2 Å². The van der Waals surface area contributed by atoms with E-state index in [4.69, 9.17) is 27.2 Å². The highest BCUT2D eigenvalue weighted by Crippen LogP contribution is 2.56. The lowest BCUT2D eigenvalue weighted by Gasteiger charge is -2.27. The van der Waals surface area contributed by atoms with Gasteiger partial charge in [0, 0.05) is 18.9 Å². The van der Waals surface area contributed by atoms with E-state index in [0.29, 0.717) is 30.0 Å². The van der Waals surface area contributed by atoms with Gasteiger partial charge in [0.05, 0.1) is 37.6 Å². The molecule has 0 heterocycles. The van der Waals surface area contributed by atoms with Gasteiger partial charge in [-0.05, 0) is 79.4 Å². The first-order chi connectivity index (χ1) is 23.6. The van der Waals surface area contributed by atoms with Gasteiger partial charge < -0.3 is 24.1 Å². The lowest BCUT2D eigenvalue weighted by molar-refractivity contribution is -0.116. The quantitative estimate of drug-likeness (QED) is 0.0591. The Labute approximate surface area is 292 Å². The number of unbranched alkanes of at least 4 members (excludes halogenated alkanes) is 5. The lowest BCUT2D eigenvalue weighted by Crippen LogP contribution is -2.33. The zero-order chi connectivity index (χ0) is 35.5. The molecule has 4 rings (SSSR count). The SMILES string of the molecule is COc1cc(/C=C/C(=O)NCCCCCCCC[P+](c2ccccc2)(c2ccccc2)c2ccccc2)cc(OC)c1OC.CS(=O)(=O)[O-]. The van der Waals surface area contributed by atoms with Crippen LogP contribution >= 0.6 is 7.26 Å². The molecule has 49 heavy (non-hydrogen) atoms. The van der Waals surface area contributed by atoms with Crippen LogP contribution in [0.15, 0.2) is 109 Å². The van der Waals surface area contributed by atoms with Gasteiger partial charge in [0.15, 0.2) is 11.5 Å². The highest BCUT2D eigenvalue weighted by Gasteiger charge is 2.44. The zero-order valence-corrected chi connectivity index (χ0v) is 30.6. The van der Waals surface area contributed by atoms with Crippen LogP contribution in [-0.4, -0.2) is 59.2 Å². The molecule has 0 radical (unpaired) electrons. The minimum atomic E-state index is -3.92. The number of hydrogen-bond acceptors (Lipinski definition) is 7. The molecule has 0 aliphatic rings. The average Bonchev–Trinajstić information content (AvgIpc) is 3.11. The predicted octanol–water partition coefficient (Wildman–Crippen LogP) is 6.34. The number of benzene rings is 4. The summed E-state index contributed by atoms with van der Waals surface area (Å²) in [5.41, 5.74) is 0.799. The van der Waals surface area contributed by atoms with E-state index in [1.807, 2.05) is 12.1 Å². The number of ether oxygens (including phenoxy) is 3. The third kappa shape index (κ3) is 12.7. The standard InChI is InChI=1S/C38H44NO4P.CH4O3S/c1-41-35-29-31(30-36(42-2)38(35)43-3)25-26-37(40)39-27-17-6-4-5-7-18-28-44(32-19-11-8-12-20-32,33-21-13-9-14-22-33)34-23-15-10-16-24-34;1-5(2,3)4/h8-16,19-26,29-30H,4-7,17-18,27-28H2,1-3H3;1H3,(H,2,3,4)/b26-25+;. The molecular formula is C39H48NO7PS. The first kappa shape index (κ1) is 39.3. The normalized spacial score (nSPS) is 11.4. The first-order valence-corrected chi connectivity index (χ1v) is 20.1. The van der Waals surface area contributed by atoms with Crippen molar-refractivity contribution < 1.29 is 32.0 Å². The fourth-order valence-electron chi connectivity index (χ4n) is 5.70. The largest absolute Gasteiger partial charge is 0.748 e. The van der Waals surface area contributed by atoms with Crippen LogP contribution in [0, 0.1) is 0 Å². The molecule has 0 atom stereocenters. The Morgan fingerprint density at radius 2 is 1.10 bits per heavy atom. The number of rotatable bonds is 17. The van der Waals surface area contributed by atoms with Crippen LogP contribution in [0.25, 0.3) is 6.08 Å².